The Morgan fingerprint density at radius 2 is 1.63 bits per heavy atom. The maximum absolute atomic E-state index is 12.9. The van der Waals surface area contributed by atoms with Crippen LogP contribution in [-0.2, 0) is 11.2 Å². The van der Waals surface area contributed by atoms with E-state index in [1.807, 2.05) is 6.07 Å². The minimum Gasteiger partial charge on any atom is -0.399 e. The molecule has 5 heteroatoms. The minimum absolute atomic E-state index is 0.211. The number of anilines is 2. The van der Waals surface area contributed by atoms with Gasteiger partial charge in [0.15, 0.2) is 5.78 Å². The Morgan fingerprint density at radius 1 is 0.926 bits per heavy atom. The summed E-state index contributed by atoms with van der Waals surface area (Å²) in [6, 6.07) is 19.7. The lowest BCUT2D eigenvalue weighted by Crippen LogP contribution is -2.16. The molecule has 4 nitrogen and oxygen atoms in total. The Labute approximate surface area is 156 Å². The van der Waals surface area contributed by atoms with Crippen LogP contribution in [0.2, 0.25) is 0 Å². The highest BCUT2D eigenvalue weighted by Gasteiger charge is 2.16. The highest BCUT2D eigenvalue weighted by Crippen LogP contribution is 2.23. The van der Waals surface area contributed by atoms with Gasteiger partial charge in [0.2, 0.25) is 5.91 Å². The highest BCUT2D eigenvalue weighted by molar-refractivity contribution is 6.14. The van der Waals surface area contributed by atoms with Crippen LogP contribution in [0.3, 0.4) is 0 Å². The Balaban J connectivity index is 1.73. The van der Waals surface area contributed by atoms with Crippen LogP contribution in [0.15, 0.2) is 72.8 Å². The first kappa shape index (κ1) is 18.3. The molecule has 3 rings (SSSR count). The van der Waals surface area contributed by atoms with Gasteiger partial charge < -0.3 is 11.1 Å². The fourth-order valence-electron chi connectivity index (χ4n) is 2.73. The van der Waals surface area contributed by atoms with E-state index in [0.717, 1.165) is 5.56 Å². The summed E-state index contributed by atoms with van der Waals surface area (Å²) in [6.45, 7) is 0. The quantitative estimate of drug-likeness (QED) is 0.510. The van der Waals surface area contributed by atoms with Crippen molar-refractivity contribution in [1.82, 2.24) is 0 Å². The fraction of sp³-hybridized carbons (Fsp3) is 0.0909. The van der Waals surface area contributed by atoms with Crippen LogP contribution < -0.4 is 11.1 Å². The van der Waals surface area contributed by atoms with Gasteiger partial charge >= 0.3 is 0 Å². The zero-order chi connectivity index (χ0) is 19.2. The van der Waals surface area contributed by atoms with Gasteiger partial charge in [-0.2, -0.15) is 0 Å². The van der Waals surface area contributed by atoms with E-state index in [1.54, 1.807) is 54.6 Å². The molecule has 0 saturated heterocycles. The molecule has 1 amide bonds. The average Bonchev–Trinajstić information content (AvgIpc) is 2.69. The second kappa shape index (κ2) is 8.27. The number of hydrogen-bond acceptors (Lipinski definition) is 3. The molecule has 0 saturated carbocycles. The summed E-state index contributed by atoms with van der Waals surface area (Å²) in [5.41, 5.74) is 8.41. The Morgan fingerprint density at radius 3 is 2.33 bits per heavy atom. The summed E-state index contributed by atoms with van der Waals surface area (Å²) in [7, 11) is 0. The number of ketones is 1. The standard InChI is InChI=1S/C22H19FN2O2/c23-17-9-6-15(7-10-17)8-13-21(26)25-20-12-11-18(24)14-19(20)22(27)16-4-2-1-3-5-16/h1-7,9-12,14H,8,13,24H2,(H,25,26). The van der Waals surface area contributed by atoms with E-state index in [2.05, 4.69) is 5.32 Å². The molecule has 27 heavy (non-hydrogen) atoms. The van der Waals surface area contributed by atoms with Crippen LogP contribution >= 0.6 is 0 Å². The third-order valence-corrected chi connectivity index (χ3v) is 4.15. The minimum atomic E-state index is -0.311. The van der Waals surface area contributed by atoms with Gasteiger partial charge in [-0.15, -0.1) is 0 Å². The number of benzene rings is 3. The Kier molecular flexibility index (Phi) is 5.61. The molecule has 0 fully saturated rings. The number of nitrogen functional groups attached to an aromatic ring is 1. The first-order chi connectivity index (χ1) is 13.0. The topological polar surface area (TPSA) is 72.2 Å². The van der Waals surface area contributed by atoms with Gasteiger partial charge in [0, 0.05) is 23.2 Å². The summed E-state index contributed by atoms with van der Waals surface area (Å²) < 4.78 is 12.9. The lowest BCUT2D eigenvalue weighted by atomic mass is 10.0. The number of nitrogens with two attached hydrogens (primary N) is 1. The normalized spacial score (nSPS) is 10.4. The van der Waals surface area contributed by atoms with Crippen molar-refractivity contribution in [1.29, 1.82) is 0 Å². The van der Waals surface area contributed by atoms with Crippen molar-refractivity contribution in [3.05, 3.63) is 95.3 Å². The van der Waals surface area contributed by atoms with Gasteiger partial charge in [-0.25, -0.2) is 4.39 Å². The molecule has 3 N–H and O–H groups in total. The molecule has 0 heterocycles. The van der Waals surface area contributed by atoms with Gasteiger partial charge in [-0.1, -0.05) is 42.5 Å². The molecule has 0 aromatic heterocycles. The second-order valence-corrected chi connectivity index (χ2v) is 6.17. The van der Waals surface area contributed by atoms with E-state index >= 15 is 0 Å². The molecule has 3 aromatic rings. The zero-order valence-corrected chi connectivity index (χ0v) is 14.6. The molecule has 0 radical (unpaired) electrons. The molecular weight excluding hydrogens is 343 g/mol. The van der Waals surface area contributed by atoms with E-state index in [0.29, 0.717) is 28.9 Å². The summed E-state index contributed by atoms with van der Waals surface area (Å²) in [4.78, 5) is 25.1. The fourth-order valence-corrected chi connectivity index (χ4v) is 2.73. The van der Waals surface area contributed by atoms with Gasteiger partial charge in [-0.3, -0.25) is 9.59 Å². The van der Waals surface area contributed by atoms with Crippen LogP contribution in [0, 0.1) is 5.82 Å². The smallest absolute Gasteiger partial charge is 0.224 e. The van der Waals surface area contributed by atoms with Crippen molar-refractivity contribution in [3.8, 4) is 0 Å². The molecule has 0 aliphatic rings. The number of rotatable bonds is 6. The maximum atomic E-state index is 12.9. The Bertz CT molecular complexity index is 954. The number of carbonyl (C=O) groups excluding carboxylic acids is 2. The van der Waals surface area contributed by atoms with E-state index < -0.39 is 0 Å². The number of nitrogens with one attached hydrogen (secondary N) is 1. The molecule has 3 aromatic carbocycles. The second-order valence-electron chi connectivity index (χ2n) is 6.17. The molecule has 0 spiro atoms. The first-order valence-corrected chi connectivity index (χ1v) is 8.56. The van der Waals surface area contributed by atoms with Crippen molar-refractivity contribution < 1.29 is 14.0 Å². The first-order valence-electron chi connectivity index (χ1n) is 8.56. The predicted octanol–water partition coefficient (Wildman–Crippen LogP) is 4.21. The number of amides is 1. The van der Waals surface area contributed by atoms with Crippen LogP contribution in [0.5, 0.6) is 0 Å². The summed E-state index contributed by atoms with van der Waals surface area (Å²) in [6.07, 6.45) is 0.692. The highest BCUT2D eigenvalue weighted by atomic mass is 19.1. The van der Waals surface area contributed by atoms with Crippen molar-refractivity contribution in [2.24, 2.45) is 0 Å². The molecule has 0 aliphatic carbocycles. The van der Waals surface area contributed by atoms with E-state index in [1.165, 1.54) is 12.1 Å². The van der Waals surface area contributed by atoms with E-state index in [-0.39, 0.29) is 23.9 Å². The van der Waals surface area contributed by atoms with Crippen molar-refractivity contribution in [2.75, 3.05) is 11.1 Å². The zero-order valence-electron chi connectivity index (χ0n) is 14.6. The molecule has 0 bridgehead atoms. The third-order valence-electron chi connectivity index (χ3n) is 4.15. The van der Waals surface area contributed by atoms with Crippen molar-refractivity contribution >= 4 is 23.1 Å². The monoisotopic (exact) mass is 362 g/mol. The summed E-state index contributed by atoms with van der Waals surface area (Å²) in [5.74, 6) is -0.753. The SMILES string of the molecule is Nc1ccc(NC(=O)CCc2ccc(F)cc2)c(C(=O)c2ccccc2)c1. The molecule has 0 atom stereocenters. The maximum Gasteiger partial charge on any atom is 0.224 e. The number of carbonyl (C=O) groups is 2. The number of hydrogen-bond donors (Lipinski definition) is 2. The van der Waals surface area contributed by atoms with E-state index in [9.17, 15) is 14.0 Å². The molecule has 136 valence electrons. The van der Waals surface area contributed by atoms with Crippen molar-refractivity contribution in [2.45, 2.75) is 12.8 Å². The summed E-state index contributed by atoms with van der Waals surface area (Å²) >= 11 is 0. The molecule has 0 aliphatic heterocycles. The van der Waals surface area contributed by atoms with Crippen LogP contribution in [0.4, 0.5) is 15.8 Å². The van der Waals surface area contributed by atoms with Gasteiger partial charge in [0.05, 0.1) is 5.69 Å². The van der Waals surface area contributed by atoms with Gasteiger partial charge in [0.25, 0.3) is 0 Å². The third kappa shape index (κ3) is 4.79. The predicted molar refractivity (Wildman–Crippen MR) is 104 cm³/mol. The largest absolute Gasteiger partial charge is 0.399 e. The average molecular weight is 362 g/mol. The lowest BCUT2D eigenvalue weighted by Gasteiger charge is -2.12. The Hall–Kier alpha value is -3.47. The van der Waals surface area contributed by atoms with Crippen LogP contribution in [-0.4, -0.2) is 11.7 Å². The lowest BCUT2D eigenvalue weighted by molar-refractivity contribution is -0.116. The van der Waals surface area contributed by atoms with Crippen LogP contribution in [0.1, 0.15) is 27.9 Å². The summed E-state index contributed by atoms with van der Waals surface area (Å²) in [5, 5.41) is 2.78. The number of aryl methyl sites for hydroxylation is 1. The van der Waals surface area contributed by atoms with E-state index in [4.69, 9.17) is 5.73 Å². The molecular formula is C22H19FN2O2. The number of halogens is 1. The molecule has 0 unspecified atom stereocenters. The van der Waals surface area contributed by atoms with Crippen LogP contribution in [0.25, 0.3) is 0 Å². The van der Waals surface area contributed by atoms with Gasteiger partial charge in [-0.05, 0) is 42.3 Å². The van der Waals surface area contributed by atoms with Crippen molar-refractivity contribution in [3.63, 3.8) is 0 Å². The van der Waals surface area contributed by atoms with Gasteiger partial charge in [0.1, 0.15) is 5.82 Å².